The smallest absolute Gasteiger partial charge is 0.0166 e. The predicted molar refractivity (Wildman–Crippen MR) is 77.8 cm³/mol. The van der Waals surface area contributed by atoms with Gasteiger partial charge in [-0.05, 0) is 38.8 Å². The summed E-state index contributed by atoms with van der Waals surface area (Å²) in [4.78, 5) is 5.21. The average Bonchev–Trinajstić information content (AvgIpc) is 2.39. The molecular formula is C15H31N3. The van der Waals surface area contributed by atoms with Gasteiger partial charge < -0.3 is 15.5 Å². The molecule has 0 bridgehead atoms. The standard InChI is InChI=1S/C15H31N3/c1-2-9-17-11-13-18(14-12-17)10-8-15(16)6-4-3-5-7-15/h2-14,16H2,1H3. The fraction of sp³-hybridized carbons (Fsp3) is 1.00. The number of nitrogens with zero attached hydrogens (tertiary/aromatic N) is 2. The lowest BCUT2D eigenvalue weighted by molar-refractivity contribution is 0.119. The molecule has 0 aromatic heterocycles. The SMILES string of the molecule is CCCN1CCN(CCC2(N)CCCCC2)CC1. The summed E-state index contributed by atoms with van der Waals surface area (Å²) < 4.78 is 0. The van der Waals surface area contributed by atoms with Gasteiger partial charge in [0.2, 0.25) is 0 Å². The normalized spacial score (nSPS) is 26.3. The zero-order chi connectivity index (χ0) is 12.8. The van der Waals surface area contributed by atoms with Gasteiger partial charge in [-0.2, -0.15) is 0 Å². The highest BCUT2D eigenvalue weighted by atomic mass is 15.3. The van der Waals surface area contributed by atoms with E-state index in [1.54, 1.807) is 0 Å². The molecule has 2 fully saturated rings. The Labute approximate surface area is 113 Å². The molecule has 0 aromatic carbocycles. The minimum absolute atomic E-state index is 0.165. The van der Waals surface area contributed by atoms with Crippen LogP contribution in [0.4, 0.5) is 0 Å². The molecular weight excluding hydrogens is 222 g/mol. The van der Waals surface area contributed by atoms with Crippen LogP contribution in [0.2, 0.25) is 0 Å². The highest BCUT2D eigenvalue weighted by molar-refractivity contribution is 4.88. The van der Waals surface area contributed by atoms with Crippen LogP contribution in [-0.4, -0.2) is 54.6 Å². The van der Waals surface area contributed by atoms with Gasteiger partial charge in [0.15, 0.2) is 0 Å². The van der Waals surface area contributed by atoms with Gasteiger partial charge in [-0.25, -0.2) is 0 Å². The van der Waals surface area contributed by atoms with Crippen molar-refractivity contribution in [1.29, 1.82) is 0 Å². The largest absolute Gasteiger partial charge is 0.325 e. The van der Waals surface area contributed by atoms with E-state index in [2.05, 4.69) is 16.7 Å². The summed E-state index contributed by atoms with van der Waals surface area (Å²) in [7, 11) is 0. The minimum atomic E-state index is 0.165. The van der Waals surface area contributed by atoms with E-state index in [-0.39, 0.29) is 5.54 Å². The Morgan fingerprint density at radius 1 is 0.889 bits per heavy atom. The number of rotatable bonds is 5. The third-order valence-corrected chi connectivity index (χ3v) is 4.78. The van der Waals surface area contributed by atoms with Crippen molar-refractivity contribution >= 4 is 0 Å². The Balaban J connectivity index is 1.65. The molecule has 18 heavy (non-hydrogen) atoms. The summed E-state index contributed by atoms with van der Waals surface area (Å²) in [5.74, 6) is 0. The van der Waals surface area contributed by atoms with E-state index >= 15 is 0 Å². The van der Waals surface area contributed by atoms with Crippen molar-refractivity contribution < 1.29 is 0 Å². The van der Waals surface area contributed by atoms with Gasteiger partial charge in [-0.3, -0.25) is 0 Å². The van der Waals surface area contributed by atoms with Crippen LogP contribution in [0.1, 0.15) is 51.9 Å². The first-order chi connectivity index (χ1) is 8.72. The molecule has 2 rings (SSSR count). The summed E-state index contributed by atoms with van der Waals surface area (Å²) in [6.45, 7) is 9.77. The van der Waals surface area contributed by atoms with E-state index in [1.165, 1.54) is 84.2 Å². The zero-order valence-electron chi connectivity index (χ0n) is 12.2. The Bertz CT molecular complexity index is 228. The second-order valence-corrected chi connectivity index (χ2v) is 6.36. The maximum absolute atomic E-state index is 6.51. The lowest BCUT2D eigenvalue weighted by atomic mass is 9.80. The van der Waals surface area contributed by atoms with Crippen LogP contribution >= 0.6 is 0 Å². The van der Waals surface area contributed by atoms with Gasteiger partial charge in [0, 0.05) is 31.7 Å². The van der Waals surface area contributed by atoms with Crippen LogP contribution in [0.3, 0.4) is 0 Å². The topological polar surface area (TPSA) is 32.5 Å². The number of hydrogen-bond acceptors (Lipinski definition) is 3. The molecule has 3 nitrogen and oxygen atoms in total. The molecule has 0 atom stereocenters. The minimum Gasteiger partial charge on any atom is -0.325 e. The zero-order valence-corrected chi connectivity index (χ0v) is 12.2. The van der Waals surface area contributed by atoms with Gasteiger partial charge in [-0.1, -0.05) is 26.2 Å². The molecule has 1 heterocycles. The molecule has 3 heteroatoms. The maximum atomic E-state index is 6.51. The Kier molecular flexibility index (Phi) is 5.46. The van der Waals surface area contributed by atoms with Crippen LogP contribution in [-0.2, 0) is 0 Å². The first-order valence-electron chi connectivity index (χ1n) is 7.95. The Hall–Kier alpha value is -0.120. The molecule has 1 aliphatic heterocycles. The lowest BCUT2D eigenvalue weighted by Crippen LogP contribution is -2.50. The maximum Gasteiger partial charge on any atom is 0.0166 e. The molecule has 0 amide bonds. The fourth-order valence-corrected chi connectivity index (χ4v) is 3.44. The number of nitrogens with two attached hydrogens (primary N) is 1. The van der Waals surface area contributed by atoms with Crippen LogP contribution in [0.25, 0.3) is 0 Å². The van der Waals surface area contributed by atoms with Crippen molar-refractivity contribution in [3.8, 4) is 0 Å². The first-order valence-corrected chi connectivity index (χ1v) is 7.95. The highest BCUT2D eigenvalue weighted by Crippen LogP contribution is 2.28. The Morgan fingerprint density at radius 3 is 2.00 bits per heavy atom. The van der Waals surface area contributed by atoms with Crippen molar-refractivity contribution in [3.63, 3.8) is 0 Å². The molecule has 0 radical (unpaired) electrons. The molecule has 2 N–H and O–H groups in total. The number of hydrogen-bond donors (Lipinski definition) is 1. The third-order valence-electron chi connectivity index (χ3n) is 4.78. The molecule has 1 saturated heterocycles. The molecule has 0 unspecified atom stereocenters. The van der Waals surface area contributed by atoms with Crippen LogP contribution in [0, 0.1) is 0 Å². The van der Waals surface area contributed by atoms with Crippen LogP contribution < -0.4 is 5.73 Å². The van der Waals surface area contributed by atoms with Gasteiger partial charge in [0.25, 0.3) is 0 Å². The summed E-state index contributed by atoms with van der Waals surface area (Å²) in [6, 6.07) is 0. The van der Waals surface area contributed by atoms with E-state index in [1.807, 2.05) is 0 Å². The molecule has 2 aliphatic rings. The summed E-state index contributed by atoms with van der Waals surface area (Å²) in [6.07, 6.45) is 9.09. The molecule has 0 spiro atoms. The second kappa shape index (κ2) is 6.88. The summed E-state index contributed by atoms with van der Waals surface area (Å²) >= 11 is 0. The average molecular weight is 253 g/mol. The molecule has 106 valence electrons. The predicted octanol–water partition coefficient (Wildman–Crippen LogP) is 2.07. The van der Waals surface area contributed by atoms with E-state index in [4.69, 9.17) is 5.73 Å². The van der Waals surface area contributed by atoms with Crippen molar-refractivity contribution in [3.05, 3.63) is 0 Å². The molecule has 0 aromatic rings. The van der Waals surface area contributed by atoms with E-state index < -0.39 is 0 Å². The third kappa shape index (κ3) is 4.22. The lowest BCUT2D eigenvalue weighted by Gasteiger charge is -2.38. The molecule has 1 saturated carbocycles. The van der Waals surface area contributed by atoms with Crippen molar-refractivity contribution in [2.24, 2.45) is 5.73 Å². The first kappa shape index (κ1) is 14.3. The number of piperazine rings is 1. The van der Waals surface area contributed by atoms with Crippen molar-refractivity contribution in [2.75, 3.05) is 39.3 Å². The van der Waals surface area contributed by atoms with Crippen LogP contribution in [0.15, 0.2) is 0 Å². The van der Waals surface area contributed by atoms with E-state index in [0.717, 1.165) is 0 Å². The Morgan fingerprint density at radius 2 is 1.44 bits per heavy atom. The van der Waals surface area contributed by atoms with E-state index in [9.17, 15) is 0 Å². The fourth-order valence-electron chi connectivity index (χ4n) is 3.44. The molecule has 1 aliphatic carbocycles. The van der Waals surface area contributed by atoms with Crippen molar-refractivity contribution in [1.82, 2.24) is 9.80 Å². The summed E-state index contributed by atoms with van der Waals surface area (Å²) in [5.41, 5.74) is 6.68. The monoisotopic (exact) mass is 253 g/mol. The van der Waals surface area contributed by atoms with E-state index in [0.29, 0.717) is 0 Å². The van der Waals surface area contributed by atoms with Gasteiger partial charge in [0.05, 0.1) is 0 Å². The van der Waals surface area contributed by atoms with Gasteiger partial charge in [0.1, 0.15) is 0 Å². The van der Waals surface area contributed by atoms with Crippen molar-refractivity contribution in [2.45, 2.75) is 57.4 Å². The summed E-state index contributed by atoms with van der Waals surface area (Å²) in [5, 5.41) is 0. The second-order valence-electron chi connectivity index (χ2n) is 6.36. The van der Waals surface area contributed by atoms with Gasteiger partial charge in [-0.15, -0.1) is 0 Å². The van der Waals surface area contributed by atoms with Crippen LogP contribution in [0.5, 0.6) is 0 Å². The quantitative estimate of drug-likeness (QED) is 0.814. The van der Waals surface area contributed by atoms with Gasteiger partial charge >= 0.3 is 0 Å². The highest BCUT2D eigenvalue weighted by Gasteiger charge is 2.28.